The monoisotopic (exact) mass is 186 g/mol. The smallest absolute Gasteiger partial charge is 0.0325 e. The molecule has 0 aromatic carbocycles. The Morgan fingerprint density at radius 2 is 2.50 bits per heavy atom. The third-order valence-electron chi connectivity index (χ3n) is 2.88. The van der Waals surface area contributed by atoms with Crippen molar-refractivity contribution in [2.45, 2.75) is 38.3 Å². The molecule has 2 aliphatic rings. The molecular weight excluding hydrogens is 168 g/mol. The second-order valence-corrected chi connectivity index (χ2v) is 4.88. The molecule has 2 saturated heterocycles. The largest absolute Gasteiger partial charge is 0.311 e. The zero-order valence-corrected chi connectivity index (χ0v) is 8.57. The van der Waals surface area contributed by atoms with Gasteiger partial charge in [-0.15, -0.1) is 0 Å². The maximum atomic E-state index is 3.64. The third-order valence-corrected chi connectivity index (χ3v) is 4.13. The lowest BCUT2D eigenvalue weighted by atomic mass is 10.1. The van der Waals surface area contributed by atoms with E-state index in [0.29, 0.717) is 0 Å². The van der Waals surface area contributed by atoms with Gasteiger partial charge in [0.05, 0.1) is 0 Å². The van der Waals surface area contributed by atoms with E-state index in [2.05, 4.69) is 28.5 Å². The van der Waals surface area contributed by atoms with Crippen LogP contribution in [-0.4, -0.2) is 35.2 Å². The Labute approximate surface area is 79.2 Å². The van der Waals surface area contributed by atoms with Crippen molar-refractivity contribution < 1.29 is 0 Å². The fourth-order valence-corrected chi connectivity index (χ4v) is 3.30. The van der Waals surface area contributed by atoms with E-state index in [1.807, 2.05) is 0 Å². The third kappa shape index (κ3) is 1.78. The second-order valence-electron chi connectivity index (χ2n) is 3.74. The Hall–Kier alpha value is 0.270. The summed E-state index contributed by atoms with van der Waals surface area (Å²) in [6, 6.07) is 1.56. The molecule has 70 valence electrons. The first-order valence-corrected chi connectivity index (χ1v) is 5.97. The first-order valence-electron chi connectivity index (χ1n) is 5.03. The van der Waals surface area contributed by atoms with Crippen molar-refractivity contribution in [1.82, 2.24) is 9.62 Å². The molecule has 0 amide bonds. The van der Waals surface area contributed by atoms with Crippen LogP contribution in [0, 0.1) is 0 Å². The number of hydrogen-bond donors (Lipinski definition) is 1. The summed E-state index contributed by atoms with van der Waals surface area (Å²) >= 11 is 2.07. The Bertz CT molecular complexity index is 151. The molecule has 2 rings (SSSR count). The molecule has 0 saturated carbocycles. The first kappa shape index (κ1) is 8.85. The highest BCUT2D eigenvalue weighted by Crippen LogP contribution is 2.26. The number of nitrogens with one attached hydrogen (secondary N) is 1. The summed E-state index contributed by atoms with van der Waals surface area (Å²) in [6.45, 7) is 4.76. The molecule has 3 atom stereocenters. The lowest BCUT2D eigenvalue weighted by Gasteiger charge is -2.37. The Kier molecular flexibility index (Phi) is 2.94. The van der Waals surface area contributed by atoms with Crippen LogP contribution in [0.15, 0.2) is 0 Å². The molecule has 2 aliphatic heterocycles. The number of hydrogen-bond acceptors (Lipinski definition) is 3. The van der Waals surface area contributed by atoms with E-state index >= 15 is 0 Å². The lowest BCUT2D eigenvalue weighted by Crippen LogP contribution is -2.52. The highest BCUT2D eigenvalue weighted by Gasteiger charge is 2.28. The van der Waals surface area contributed by atoms with Gasteiger partial charge in [0.1, 0.15) is 0 Å². The Morgan fingerprint density at radius 1 is 1.58 bits per heavy atom. The first-order chi connectivity index (χ1) is 5.90. The van der Waals surface area contributed by atoms with Crippen molar-refractivity contribution in [3.63, 3.8) is 0 Å². The van der Waals surface area contributed by atoms with Crippen LogP contribution in [0.25, 0.3) is 0 Å². The molecule has 2 nitrogen and oxygen atoms in total. The van der Waals surface area contributed by atoms with Gasteiger partial charge in [0.15, 0.2) is 0 Å². The van der Waals surface area contributed by atoms with Crippen LogP contribution in [0.2, 0.25) is 0 Å². The zero-order chi connectivity index (χ0) is 8.39. The van der Waals surface area contributed by atoms with Crippen LogP contribution in [0.3, 0.4) is 0 Å². The number of rotatable bonds is 1. The Balaban J connectivity index is 1.98. The number of nitrogens with zero attached hydrogens (tertiary/aromatic N) is 1. The molecule has 0 spiro atoms. The van der Waals surface area contributed by atoms with E-state index in [9.17, 15) is 0 Å². The average Bonchev–Trinajstić information content (AvgIpc) is 2.29. The topological polar surface area (TPSA) is 15.3 Å². The van der Waals surface area contributed by atoms with Crippen molar-refractivity contribution in [2.24, 2.45) is 0 Å². The summed E-state index contributed by atoms with van der Waals surface area (Å²) in [7, 11) is 0. The maximum Gasteiger partial charge on any atom is 0.0325 e. The molecular formula is C9H18N2S. The van der Waals surface area contributed by atoms with Crippen LogP contribution in [0.1, 0.15) is 26.2 Å². The zero-order valence-electron chi connectivity index (χ0n) is 7.75. The van der Waals surface area contributed by atoms with Gasteiger partial charge in [0.2, 0.25) is 0 Å². The second kappa shape index (κ2) is 3.99. The van der Waals surface area contributed by atoms with Crippen molar-refractivity contribution in [3.8, 4) is 0 Å². The molecule has 1 N–H and O–H groups in total. The summed E-state index contributed by atoms with van der Waals surface area (Å²) < 4.78 is 2.61. The molecule has 2 heterocycles. The molecule has 3 heteroatoms. The van der Waals surface area contributed by atoms with Gasteiger partial charge in [-0.05, 0) is 19.3 Å². The van der Waals surface area contributed by atoms with Gasteiger partial charge >= 0.3 is 0 Å². The summed E-state index contributed by atoms with van der Waals surface area (Å²) in [4.78, 5) is 0. The minimum Gasteiger partial charge on any atom is -0.311 e. The van der Waals surface area contributed by atoms with Crippen LogP contribution >= 0.6 is 11.9 Å². The van der Waals surface area contributed by atoms with Crippen molar-refractivity contribution in [1.29, 1.82) is 0 Å². The Morgan fingerprint density at radius 3 is 3.33 bits per heavy atom. The van der Waals surface area contributed by atoms with E-state index in [1.165, 1.54) is 38.1 Å². The minimum absolute atomic E-state index is 0.780. The predicted octanol–water partition coefficient (Wildman–Crippen LogP) is 1.48. The molecule has 12 heavy (non-hydrogen) atoms. The predicted molar refractivity (Wildman–Crippen MR) is 54.3 cm³/mol. The highest BCUT2D eigenvalue weighted by molar-refractivity contribution is 7.97. The fraction of sp³-hybridized carbons (Fsp3) is 1.00. The molecule has 0 aromatic heterocycles. The van der Waals surface area contributed by atoms with Crippen LogP contribution in [0.5, 0.6) is 0 Å². The standard InChI is InChI=1S/C9H18N2S/c1-2-9-6-10-8-4-3-5-12-11(9)7-8/h8-10H,2-7H2,1H3/t8-,9?/m1/s1. The normalized spacial score (nSPS) is 42.2. The van der Waals surface area contributed by atoms with Crippen LogP contribution in [0.4, 0.5) is 0 Å². The van der Waals surface area contributed by atoms with Gasteiger partial charge in [-0.3, -0.25) is 0 Å². The molecule has 0 radical (unpaired) electrons. The molecule has 0 aliphatic carbocycles. The summed E-state index contributed by atoms with van der Waals surface area (Å²) in [6.07, 6.45) is 4.04. The van der Waals surface area contributed by atoms with E-state index in [1.54, 1.807) is 0 Å². The van der Waals surface area contributed by atoms with E-state index in [4.69, 9.17) is 0 Å². The van der Waals surface area contributed by atoms with Crippen molar-refractivity contribution >= 4 is 11.9 Å². The van der Waals surface area contributed by atoms with Crippen molar-refractivity contribution in [2.75, 3.05) is 18.8 Å². The van der Waals surface area contributed by atoms with E-state index in [-0.39, 0.29) is 0 Å². The quantitative estimate of drug-likeness (QED) is 0.625. The molecule has 2 bridgehead atoms. The van der Waals surface area contributed by atoms with Gasteiger partial charge in [-0.25, -0.2) is 4.31 Å². The van der Waals surface area contributed by atoms with Gasteiger partial charge in [0.25, 0.3) is 0 Å². The SMILES string of the molecule is CCC1CN[C@@H]2CCCSN1C2. The lowest BCUT2D eigenvalue weighted by molar-refractivity contribution is 0.235. The van der Waals surface area contributed by atoms with Crippen LogP contribution in [-0.2, 0) is 0 Å². The minimum atomic E-state index is 0.780. The summed E-state index contributed by atoms with van der Waals surface area (Å²) in [5, 5.41) is 3.64. The fourth-order valence-electron chi connectivity index (χ4n) is 2.05. The van der Waals surface area contributed by atoms with Gasteiger partial charge in [0, 0.05) is 30.9 Å². The summed E-state index contributed by atoms with van der Waals surface area (Å²) in [5.74, 6) is 1.33. The number of piperazine rings is 1. The van der Waals surface area contributed by atoms with Crippen molar-refractivity contribution in [3.05, 3.63) is 0 Å². The summed E-state index contributed by atoms with van der Waals surface area (Å²) in [5.41, 5.74) is 0. The molecule has 0 aromatic rings. The van der Waals surface area contributed by atoms with Gasteiger partial charge < -0.3 is 5.32 Å². The average molecular weight is 186 g/mol. The van der Waals surface area contributed by atoms with Gasteiger partial charge in [-0.1, -0.05) is 18.9 Å². The van der Waals surface area contributed by atoms with Crippen LogP contribution < -0.4 is 5.32 Å². The number of fused-ring (bicyclic) bond motifs is 2. The van der Waals surface area contributed by atoms with Gasteiger partial charge in [-0.2, -0.15) is 0 Å². The van der Waals surface area contributed by atoms with E-state index < -0.39 is 0 Å². The maximum absolute atomic E-state index is 3.64. The van der Waals surface area contributed by atoms with E-state index in [0.717, 1.165) is 12.1 Å². The highest BCUT2D eigenvalue weighted by atomic mass is 32.2. The molecule has 2 fully saturated rings. The molecule has 2 unspecified atom stereocenters.